The molecule has 4 rings (SSSR count). The molecule has 0 radical (unpaired) electrons. The molecule has 2 aromatic carbocycles. The summed E-state index contributed by atoms with van der Waals surface area (Å²) in [5.41, 5.74) is 3.14. The highest BCUT2D eigenvalue weighted by atomic mass is 16.2. The highest BCUT2D eigenvalue weighted by Gasteiger charge is 2.22. The molecule has 3 amide bonds. The molecule has 1 saturated heterocycles. The minimum absolute atomic E-state index is 0.00682. The van der Waals surface area contributed by atoms with Crippen molar-refractivity contribution in [2.75, 3.05) is 31.5 Å². The molecule has 7 nitrogen and oxygen atoms in total. The first-order chi connectivity index (χ1) is 15.2. The number of fused-ring (bicyclic) bond motifs is 1. The van der Waals surface area contributed by atoms with Crippen LogP contribution in [0.3, 0.4) is 0 Å². The van der Waals surface area contributed by atoms with Crippen LogP contribution in [0.5, 0.6) is 0 Å². The van der Waals surface area contributed by atoms with Gasteiger partial charge in [-0.1, -0.05) is 36.4 Å². The summed E-state index contributed by atoms with van der Waals surface area (Å²) in [6.07, 6.45) is 4.48. The fraction of sp³-hybridized carbons (Fsp3) is 0.333. The van der Waals surface area contributed by atoms with Crippen molar-refractivity contribution in [3.05, 3.63) is 66.4 Å². The Bertz CT molecular complexity index is 1010. The maximum absolute atomic E-state index is 12.3. The van der Waals surface area contributed by atoms with E-state index in [1.165, 1.54) is 10.9 Å². The second-order valence-electron chi connectivity index (χ2n) is 7.97. The summed E-state index contributed by atoms with van der Waals surface area (Å²) < 4.78 is 0. The zero-order chi connectivity index (χ0) is 21.5. The molecular weight excluding hydrogens is 390 g/mol. The molecule has 1 aliphatic rings. The van der Waals surface area contributed by atoms with Crippen LogP contribution in [0.25, 0.3) is 10.9 Å². The zero-order valence-corrected chi connectivity index (χ0v) is 17.6. The third-order valence-electron chi connectivity index (χ3n) is 5.70. The van der Waals surface area contributed by atoms with Gasteiger partial charge in [-0.15, -0.1) is 0 Å². The van der Waals surface area contributed by atoms with E-state index in [9.17, 15) is 9.59 Å². The van der Waals surface area contributed by atoms with E-state index in [1.54, 1.807) is 0 Å². The van der Waals surface area contributed by atoms with E-state index < -0.39 is 0 Å². The Morgan fingerprint density at radius 3 is 2.55 bits per heavy atom. The molecule has 162 valence electrons. The largest absolute Gasteiger partial charge is 0.361 e. The van der Waals surface area contributed by atoms with Gasteiger partial charge in [-0.05, 0) is 43.0 Å². The number of benzene rings is 2. The molecule has 0 atom stereocenters. The number of carbonyl (C=O) groups is 2. The van der Waals surface area contributed by atoms with Crippen LogP contribution >= 0.6 is 0 Å². The van der Waals surface area contributed by atoms with E-state index in [0.29, 0.717) is 13.1 Å². The Kier molecular flexibility index (Phi) is 6.84. The summed E-state index contributed by atoms with van der Waals surface area (Å²) in [6, 6.07) is 17.7. The lowest BCUT2D eigenvalue weighted by molar-refractivity contribution is -0.117. The first kappa shape index (κ1) is 20.9. The molecule has 4 N–H and O–H groups in total. The molecule has 2 heterocycles. The fourth-order valence-corrected chi connectivity index (χ4v) is 4.05. The van der Waals surface area contributed by atoms with Gasteiger partial charge in [0.1, 0.15) is 0 Å². The first-order valence-corrected chi connectivity index (χ1v) is 10.8. The van der Waals surface area contributed by atoms with Gasteiger partial charge in [-0.3, -0.25) is 9.69 Å². The lowest BCUT2D eigenvalue weighted by Gasteiger charge is -2.31. The first-order valence-electron chi connectivity index (χ1n) is 10.8. The fourth-order valence-electron chi connectivity index (χ4n) is 4.05. The van der Waals surface area contributed by atoms with Gasteiger partial charge in [0.05, 0.1) is 6.54 Å². The molecule has 3 aromatic rings. The Labute approximate surface area is 182 Å². The summed E-state index contributed by atoms with van der Waals surface area (Å²) in [7, 11) is 0. The third-order valence-corrected chi connectivity index (χ3v) is 5.70. The lowest BCUT2D eigenvalue weighted by atomic mass is 10.1. The number of hydrogen-bond acceptors (Lipinski definition) is 3. The molecule has 0 spiro atoms. The predicted octanol–water partition coefficient (Wildman–Crippen LogP) is 3.11. The van der Waals surface area contributed by atoms with E-state index in [4.69, 9.17) is 0 Å². The standard InChI is InChI=1S/C24H29N5O2/c30-23(27-19-6-2-1-3-7-19)17-29-14-11-20(12-15-29)28-24(31)25-13-10-18-16-26-22-9-5-4-8-21(18)22/h1-9,16,20,26H,10-15,17H2,(H,27,30)(H2,25,28,31). The van der Waals surface area contributed by atoms with Crippen LogP contribution in [-0.4, -0.2) is 54.0 Å². The van der Waals surface area contributed by atoms with Gasteiger partial charge in [-0.25, -0.2) is 4.79 Å². The summed E-state index contributed by atoms with van der Waals surface area (Å²) in [5.74, 6) is -0.00682. The number of hydrogen-bond donors (Lipinski definition) is 4. The second-order valence-corrected chi connectivity index (χ2v) is 7.97. The zero-order valence-electron chi connectivity index (χ0n) is 17.6. The predicted molar refractivity (Wildman–Crippen MR) is 123 cm³/mol. The van der Waals surface area contributed by atoms with Crippen molar-refractivity contribution in [2.24, 2.45) is 0 Å². The molecule has 0 saturated carbocycles. The van der Waals surface area contributed by atoms with Gasteiger partial charge in [0.25, 0.3) is 0 Å². The van der Waals surface area contributed by atoms with Crippen molar-refractivity contribution in [1.82, 2.24) is 20.5 Å². The topological polar surface area (TPSA) is 89.3 Å². The van der Waals surface area contributed by atoms with E-state index in [2.05, 4.69) is 38.0 Å². The normalized spacial score (nSPS) is 15.0. The van der Waals surface area contributed by atoms with Crippen LogP contribution in [0.2, 0.25) is 0 Å². The monoisotopic (exact) mass is 419 g/mol. The van der Waals surface area contributed by atoms with Gasteiger partial charge in [0, 0.05) is 48.5 Å². The number of carbonyl (C=O) groups excluding carboxylic acids is 2. The third kappa shape index (κ3) is 5.86. The molecule has 0 unspecified atom stereocenters. The smallest absolute Gasteiger partial charge is 0.315 e. The number of piperidine rings is 1. The number of para-hydroxylation sites is 2. The summed E-state index contributed by atoms with van der Waals surface area (Å²) >= 11 is 0. The van der Waals surface area contributed by atoms with Gasteiger partial charge >= 0.3 is 6.03 Å². The highest BCUT2D eigenvalue weighted by molar-refractivity contribution is 5.92. The average Bonchev–Trinajstić information content (AvgIpc) is 3.19. The van der Waals surface area contributed by atoms with Gasteiger partial charge in [0.2, 0.25) is 5.91 Å². The van der Waals surface area contributed by atoms with Crippen LogP contribution in [0.15, 0.2) is 60.8 Å². The van der Waals surface area contributed by atoms with Crippen molar-refractivity contribution < 1.29 is 9.59 Å². The Morgan fingerprint density at radius 2 is 1.74 bits per heavy atom. The number of rotatable bonds is 7. The number of urea groups is 1. The molecule has 31 heavy (non-hydrogen) atoms. The SMILES string of the molecule is O=C(CN1CCC(NC(=O)NCCc2c[nH]c3ccccc23)CC1)Nc1ccccc1. The highest BCUT2D eigenvalue weighted by Crippen LogP contribution is 2.17. The Balaban J connectivity index is 1.13. The Morgan fingerprint density at radius 1 is 1.00 bits per heavy atom. The van der Waals surface area contributed by atoms with Crippen molar-refractivity contribution >= 4 is 28.5 Å². The second kappa shape index (κ2) is 10.1. The molecular formula is C24H29N5O2. The van der Waals surface area contributed by atoms with Crippen LogP contribution < -0.4 is 16.0 Å². The van der Waals surface area contributed by atoms with Gasteiger partial charge in [-0.2, -0.15) is 0 Å². The number of amides is 3. The van der Waals surface area contributed by atoms with E-state index in [1.807, 2.05) is 48.7 Å². The molecule has 7 heteroatoms. The minimum Gasteiger partial charge on any atom is -0.361 e. The van der Waals surface area contributed by atoms with Crippen LogP contribution in [0.4, 0.5) is 10.5 Å². The number of anilines is 1. The van der Waals surface area contributed by atoms with Crippen LogP contribution in [-0.2, 0) is 11.2 Å². The number of aromatic amines is 1. The molecule has 0 aliphatic carbocycles. The lowest BCUT2D eigenvalue weighted by Crippen LogP contribution is -2.49. The van der Waals surface area contributed by atoms with Crippen LogP contribution in [0.1, 0.15) is 18.4 Å². The number of H-pyrrole nitrogens is 1. The van der Waals surface area contributed by atoms with Crippen molar-refractivity contribution in [2.45, 2.75) is 25.3 Å². The molecule has 0 bridgehead atoms. The van der Waals surface area contributed by atoms with E-state index in [-0.39, 0.29) is 18.0 Å². The molecule has 1 fully saturated rings. The molecule has 1 aromatic heterocycles. The van der Waals surface area contributed by atoms with Crippen molar-refractivity contribution in [3.63, 3.8) is 0 Å². The maximum Gasteiger partial charge on any atom is 0.315 e. The summed E-state index contributed by atoms with van der Waals surface area (Å²) in [5, 5.41) is 10.1. The summed E-state index contributed by atoms with van der Waals surface area (Å²) in [4.78, 5) is 29.9. The quantitative estimate of drug-likeness (QED) is 0.474. The minimum atomic E-state index is -0.125. The number of likely N-dealkylation sites (tertiary alicyclic amines) is 1. The van der Waals surface area contributed by atoms with Crippen molar-refractivity contribution in [3.8, 4) is 0 Å². The summed E-state index contributed by atoms with van der Waals surface area (Å²) in [6.45, 7) is 2.55. The van der Waals surface area contributed by atoms with Crippen LogP contribution in [0, 0.1) is 0 Å². The van der Waals surface area contributed by atoms with Gasteiger partial charge < -0.3 is 20.9 Å². The number of nitrogens with zero attached hydrogens (tertiary/aromatic N) is 1. The van der Waals surface area contributed by atoms with E-state index >= 15 is 0 Å². The molecule has 1 aliphatic heterocycles. The van der Waals surface area contributed by atoms with E-state index in [0.717, 1.165) is 43.6 Å². The average molecular weight is 420 g/mol. The maximum atomic E-state index is 12.3. The number of aromatic nitrogens is 1. The van der Waals surface area contributed by atoms with Gasteiger partial charge in [0.15, 0.2) is 0 Å². The van der Waals surface area contributed by atoms with Crippen molar-refractivity contribution in [1.29, 1.82) is 0 Å². The number of nitrogens with one attached hydrogen (secondary N) is 4. The Hall–Kier alpha value is -3.32.